The van der Waals surface area contributed by atoms with Crippen LogP contribution in [-0.2, 0) is 27.1 Å². The largest absolute Gasteiger partial charge is 0.334 e. The van der Waals surface area contributed by atoms with Gasteiger partial charge >= 0.3 is 0 Å². The van der Waals surface area contributed by atoms with Crippen molar-refractivity contribution in [3.8, 4) is 0 Å². The summed E-state index contributed by atoms with van der Waals surface area (Å²) < 4.78 is 0. The minimum Gasteiger partial charge on any atom is -0.334 e. The third-order valence-electron chi connectivity index (χ3n) is 17.6. The molecule has 0 N–H and O–H groups in total. The van der Waals surface area contributed by atoms with Gasteiger partial charge < -0.3 is 14.7 Å². The van der Waals surface area contributed by atoms with E-state index in [1.165, 1.54) is 109 Å². The van der Waals surface area contributed by atoms with Crippen LogP contribution in [0.25, 0.3) is 0 Å². The van der Waals surface area contributed by atoms with Crippen molar-refractivity contribution in [1.82, 2.24) is 0 Å². The highest BCUT2D eigenvalue weighted by Crippen LogP contribution is 2.62. The van der Waals surface area contributed by atoms with Gasteiger partial charge in [0.05, 0.1) is 5.54 Å². The first-order chi connectivity index (χ1) is 31.2. The molecule has 4 heterocycles. The van der Waals surface area contributed by atoms with Gasteiger partial charge in [-0.05, 0) is 140 Å². The summed E-state index contributed by atoms with van der Waals surface area (Å²) in [6.07, 6.45) is 4.87. The molecule has 4 aliphatic heterocycles. The van der Waals surface area contributed by atoms with Gasteiger partial charge in [-0.3, -0.25) is 0 Å². The maximum absolute atomic E-state index is 2.82. The number of benzene rings is 6. The quantitative estimate of drug-likeness (QED) is 0.164. The Labute approximate surface area is 405 Å². The van der Waals surface area contributed by atoms with Gasteiger partial charge in [0, 0.05) is 50.9 Å². The molecule has 344 valence electrons. The molecule has 5 aliphatic rings. The Hall–Kier alpha value is -5.00. The van der Waals surface area contributed by atoms with E-state index in [0.717, 1.165) is 6.42 Å². The number of nitrogens with zero attached hydrogens (tertiary/aromatic N) is 3. The summed E-state index contributed by atoms with van der Waals surface area (Å²) in [6, 6.07) is 44.5. The first kappa shape index (κ1) is 44.5. The first-order valence-electron chi connectivity index (χ1n) is 25.5. The Kier molecular flexibility index (Phi) is 9.34. The maximum atomic E-state index is 2.82. The smallest absolute Gasteiger partial charge is 0.251 e. The Balaban J connectivity index is 1.31. The fraction of sp³-hybridized carbons (Fsp3) is 0.419. The lowest BCUT2D eigenvalue weighted by molar-refractivity contribution is 0.195. The zero-order chi connectivity index (χ0) is 47.8. The molecule has 1 aliphatic carbocycles. The highest BCUT2D eigenvalue weighted by atomic mass is 28.3. The van der Waals surface area contributed by atoms with Crippen molar-refractivity contribution in [2.24, 2.45) is 0 Å². The van der Waals surface area contributed by atoms with Crippen LogP contribution in [0.15, 0.2) is 109 Å². The van der Waals surface area contributed by atoms with E-state index in [1.54, 1.807) is 10.4 Å². The normalized spacial score (nSPS) is 21.3. The SMILES string of the molecule is CC(C)(C)c1ccc(N2c3cc(N4c5ccccc5C5(C)CCCCC45C)cc4c3B3c5c2cc(C(C)(C)C)cc5[Si](C)(C)c2cc(C(C)(C)C)cc(c23)N4c2ccc(C(C)(C)C)cc2)cc1. The molecule has 1 fully saturated rings. The molecule has 11 rings (SSSR count). The molecule has 67 heavy (non-hydrogen) atoms. The second-order valence-electron chi connectivity index (χ2n) is 26.3. The van der Waals surface area contributed by atoms with Crippen LogP contribution in [0, 0.1) is 0 Å². The predicted octanol–water partition coefficient (Wildman–Crippen LogP) is 13.8. The molecule has 0 amide bonds. The summed E-state index contributed by atoms with van der Waals surface area (Å²) in [6.45, 7) is 39.0. The van der Waals surface area contributed by atoms with Crippen LogP contribution in [0.3, 0.4) is 0 Å². The van der Waals surface area contributed by atoms with Crippen molar-refractivity contribution in [2.75, 3.05) is 14.7 Å². The van der Waals surface area contributed by atoms with Crippen LogP contribution in [0.5, 0.6) is 0 Å². The number of fused-ring (bicyclic) bond motifs is 3. The summed E-state index contributed by atoms with van der Waals surface area (Å²) in [5, 5.41) is 3.20. The average molecular weight is 900 g/mol. The summed E-state index contributed by atoms with van der Waals surface area (Å²) in [5.74, 6) is 0. The van der Waals surface area contributed by atoms with Crippen molar-refractivity contribution in [2.45, 2.75) is 168 Å². The van der Waals surface area contributed by atoms with Crippen LogP contribution < -0.4 is 41.5 Å². The van der Waals surface area contributed by atoms with Crippen LogP contribution in [0.1, 0.15) is 150 Å². The highest BCUT2D eigenvalue weighted by Gasteiger charge is 2.59. The molecular weight excluding hydrogens is 826 g/mol. The van der Waals surface area contributed by atoms with E-state index in [0.29, 0.717) is 0 Å². The van der Waals surface area contributed by atoms with Crippen LogP contribution >= 0.6 is 0 Å². The van der Waals surface area contributed by atoms with Crippen molar-refractivity contribution in [1.29, 1.82) is 0 Å². The molecule has 6 aromatic rings. The van der Waals surface area contributed by atoms with E-state index in [4.69, 9.17) is 0 Å². The fourth-order valence-electron chi connectivity index (χ4n) is 13.3. The second-order valence-corrected chi connectivity index (χ2v) is 30.6. The summed E-state index contributed by atoms with van der Waals surface area (Å²) in [5.41, 5.74) is 22.0. The first-order valence-corrected chi connectivity index (χ1v) is 28.5. The predicted molar refractivity (Wildman–Crippen MR) is 295 cm³/mol. The molecule has 3 nitrogen and oxygen atoms in total. The number of rotatable bonds is 3. The average Bonchev–Trinajstić information content (AvgIpc) is 3.46. The summed E-state index contributed by atoms with van der Waals surface area (Å²) >= 11 is 0. The van der Waals surface area contributed by atoms with Crippen molar-refractivity contribution in [3.05, 3.63) is 137 Å². The molecular formula is C62H74BN3Si. The van der Waals surface area contributed by atoms with Crippen molar-refractivity contribution < 1.29 is 0 Å². The molecule has 2 unspecified atom stereocenters. The molecule has 6 aromatic carbocycles. The molecule has 0 radical (unpaired) electrons. The summed E-state index contributed by atoms with van der Waals surface area (Å²) in [7, 11) is -2.33. The van der Waals surface area contributed by atoms with Crippen LogP contribution in [0.2, 0.25) is 13.1 Å². The Morgan fingerprint density at radius 2 is 0.866 bits per heavy atom. The van der Waals surface area contributed by atoms with Gasteiger partial charge in [-0.15, -0.1) is 0 Å². The lowest BCUT2D eigenvalue weighted by Gasteiger charge is -2.52. The number of anilines is 8. The lowest BCUT2D eigenvalue weighted by Crippen LogP contribution is -2.79. The Morgan fingerprint density at radius 3 is 1.31 bits per heavy atom. The minimum atomic E-state index is -2.33. The standard InChI is InChI=1S/C62H74BN3Si/c1-57(2,3)39-23-27-43(28-24-39)64-48-33-41(59(7,8)9)35-52-55(48)63-54-50(64)37-45(66-47-22-18-17-21-46(47)61(13)31-19-20-32-62(61,66)14)38-51(54)65(44-29-25-40(26-30-44)58(4,5)6)49-34-42(60(10,11)12)36-53(56(49)63)67(52,15)16/h17-18,21-30,33-38H,19-20,31-32H2,1-16H3. The zero-order valence-electron chi connectivity index (χ0n) is 43.6. The topological polar surface area (TPSA) is 9.72 Å². The molecule has 0 aromatic heterocycles. The van der Waals surface area contributed by atoms with Crippen LogP contribution in [0.4, 0.5) is 45.5 Å². The number of para-hydroxylation sites is 1. The Morgan fingerprint density at radius 1 is 0.448 bits per heavy atom. The maximum Gasteiger partial charge on any atom is 0.251 e. The van der Waals surface area contributed by atoms with Gasteiger partial charge in [0.25, 0.3) is 6.71 Å². The third kappa shape index (κ3) is 6.27. The zero-order valence-corrected chi connectivity index (χ0v) is 44.6. The molecule has 2 atom stereocenters. The third-order valence-corrected chi connectivity index (χ3v) is 21.1. The van der Waals surface area contributed by atoms with Gasteiger partial charge in [-0.25, -0.2) is 0 Å². The monoisotopic (exact) mass is 900 g/mol. The van der Waals surface area contributed by atoms with Gasteiger partial charge in [0.2, 0.25) is 0 Å². The molecule has 0 bridgehead atoms. The van der Waals surface area contributed by atoms with E-state index in [9.17, 15) is 0 Å². The summed E-state index contributed by atoms with van der Waals surface area (Å²) in [4.78, 5) is 8.25. The van der Waals surface area contributed by atoms with Crippen molar-refractivity contribution >= 4 is 87.0 Å². The second kappa shape index (κ2) is 14.1. The molecule has 0 saturated heterocycles. The molecule has 0 spiro atoms. The lowest BCUT2D eigenvalue weighted by atomic mass is 9.33. The molecule has 5 heteroatoms. The molecule has 1 saturated carbocycles. The van der Waals surface area contributed by atoms with Crippen molar-refractivity contribution in [3.63, 3.8) is 0 Å². The van der Waals surface area contributed by atoms with E-state index in [-0.39, 0.29) is 39.3 Å². The van der Waals surface area contributed by atoms with E-state index in [1.807, 2.05) is 0 Å². The van der Waals surface area contributed by atoms with Gasteiger partial charge in [-0.2, -0.15) is 0 Å². The highest BCUT2D eigenvalue weighted by molar-refractivity contribution is 7.16. The fourth-order valence-corrected chi connectivity index (χ4v) is 16.5. The number of hydrogen-bond acceptors (Lipinski definition) is 3. The van der Waals surface area contributed by atoms with Gasteiger partial charge in [-0.1, -0.05) is 181 Å². The van der Waals surface area contributed by atoms with Gasteiger partial charge in [0.1, 0.15) is 8.07 Å². The van der Waals surface area contributed by atoms with Crippen LogP contribution in [-0.4, -0.2) is 20.3 Å². The Bertz CT molecular complexity index is 2870. The van der Waals surface area contributed by atoms with E-state index < -0.39 is 8.07 Å². The van der Waals surface area contributed by atoms with E-state index in [2.05, 4.69) is 234 Å². The minimum absolute atomic E-state index is 0.0335. The van der Waals surface area contributed by atoms with Gasteiger partial charge in [0.15, 0.2) is 0 Å². The van der Waals surface area contributed by atoms with E-state index >= 15 is 0 Å². The number of hydrogen-bond donors (Lipinski definition) is 0.